The Balaban J connectivity index is 1.91. The maximum atomic E-state index is 12.1. The Bertz CT molecular complexity index is 497. The average molecular weight is 438 g/mol. The van der Waals surface area contributed by atoms with Gasteiger partial charge in [-0.25, -0.2) is 0 Å². The number of methoxy groups -OCH3 is 1. The molecule has 1 N–H and O–H groups in total. The predicted molar refractivity (Wildman–Crippen MR) is 95.1 cm³/mol. The highest BCUT2D eigenvalue weighted by Gasteiger charge is 2.45. The molecule has 1 fully saturated rings. The average Bonchev–Trinajstić information content (AvgIpc) is 2.96. The Kier molecular flexibility index (Phi) is 6.92. The number of ether oxygens (including phenoxy) is 2. The van der Waals surface area contributed by atoms with Gasteiger partial charge in [0.2, 0.25) is 0 Å². The number of hydrogen-bond acceptors (Lipinski definition) is 4. The lowest BCUT2D eigenvalue weighted by molar-refractivity contribution is -0.148. The van der Waals surface area contributed by atoms with E-state index >= 15 is 0 Å². The van der Waals surface area contributed by atoms with Gasteiger partial charge in [-0.05, 0) is 53.1 Å². The molecule has 1 aliphatic heterocycles. The Hall–Kier alpha value is -0.370. The van der Waals surface area contributed by atoms with Crippen molar-refractivity contribution >= 4 is 40.2 Å². The van der Waals surface area contributed by atoms with Crippen LogP contribution in [0.15, 0.2) is 24.3 Å². The summed E-state index contributed by atoms with van der Waals surface area (Å²) in [5.41, 5.74) is 0.483. The molecule has 1 aromatic carbocycles. The highest BCUT2D eigenvalue weighted by molar-refractivity contribution is 14.1. The fourth-order valence-electron chi connectivity index (χ4n) is 2.77. The van der Waals surface area contributed by atoms with Gasteiger partial charge >= 0.3 is 5.97 Å². The third kappa shape index (κ3) is 4.57. The fraction of sp³-hybridized carbons (Fsp3) is 0.562. The van der Waals surface area contributed by atoms with Crippen LogP contribution in [0.1, 0.15) is 24.8 Å². The van der Waals surface area contributed by atoms with Gasteiger partial charge in [-0.2, -0.15) is 0 Å². The van der Waals surface area contributed by atoms with Crippen molar-refractivity contribution in [3.8, 4) is 0 Å². The molecule has 0 aromatic heterocycles. The summed E-state index contributed by atoms with van der Waals surface area (Å²) in [7, 11) is 1.42. The number of rotatable bonds is 7. The number of nitrogens with one attached hydrogen (secondary N) is 1. The molecule has 0 saturated carbocycles. The largest absolute Gasteiger partial charge is 0.468 e. The molecule has 0 amide bonds. The molecule has 0 spiro atoms. The lowest BCUT2D eigenvalue weighted by Crippen LogP contribution is -2.48. The van der Waals surface area contributed by atoms with Crippen LogP contribution in [0, 0.1) is 3.57 Å². The van der Waals surface area contributed by atoms with Gasteiger partial charge < -0.3 is 9.47 Å². The molecule has 1 aliphatic rings. The van der Waals surface area contributed by atoms with Gasteiger partial charge in [-0.3, -0.25) is 10.1 Å². The van der Waals surface area contributed by atoms with E-state index in [9.17, 15) is 4.79 Å². The van der Waals surface area contributed by atoms with Crippen molar-refractivity contribution in [2.24, 2.45) is 0 Å². The highest BCUT2D eigenvalue weighted by Crippen LogP contribution is 2.28. The van der Waals surface area contributed by atoms with Crippen molar-refractivity contribution in [2.75, 3.05) is 19.5 Å². The predicted octanol–water partition coefficient (Wildman–Crippen LogP) is 3.10. The minimum absolute atomic E-state index is 0.00806. The molecule has 0 aliphatic carbocycles. The molecule has 1 aromatic rings. The number of hydrogen-bond donors (Lipinski definition) is 1. The van der Waals surface area contributed by atoms with Crippen molar-refractivity contribution in [2.45, 2.75) is 37.5 Å². The van der Waals surface area contributed by atoms with E-state index in [1.165, 1.54) is 10.7 Å². The molecule has 0 radical (unpaired) electrons. The van der Waals surface area contributed by atoms with Crippen LogP contribution in [0.5, 0.6) is 0 Å². The van der Waals surface area contributed by atoms with Crippen molar-refractivity contribution < 1.29 is 14.3 Å². The standard InChI is InChI=1S/C16H21ClINO3/c1-21-15(20)16(7-2-8-17)9-14(10-19-16)22-11-12-3-5-13(18)6-4-12/h3-6,14,19H,2,7-11H2,1H3/t14-,16+/m0/s1. The van der Waals surface area contributed by atoms with E-state index in [4.69, 9.17) is 21.1 Å². The van der Waals surface area contributed by atoms with Crippen molar-refractivity contribution in [1.29, 1.82) is 0 Å². The van der Waals surface area contributed by atoms with Crippen LogP contribution in [0.25, 0.3) is 0 Å². The van der Waals surface area contributed by atoms with E-state index in [-0.39, 0.29) is 12.1 Å². The SMILES string of the molecule is COC(=O)[C@@]1(CCCCl)C[C@H](OCc2ccc(I)cc2)CN1. The van der Waals surface area contributed by atoms with E-state index in [0.29, 0.717) is 31.9 Å². The minimum Gasteiger partial charge on any atom is -0.468 e. The first-order valence-electron chi connectivity index (χ1n) is 7.35. The van der Waals surface area contributed by atoms with Crippen LogP contribution in [0.2, 0.25) is 0 Å². The highest BCUT2D eigenvalue weighted by atomic mass is 127. The van der Waals surface area contributed by atoms with Gasteiger partial charge in [-0.1, -0.05) is 12.1 Å². The zero-order valence-electron chi connectivity index (χ0n) is 12.6. The summed E-state index contributed by atoms with van der Waals surface area (Å²) in [4.78, 5) is 12.1. The summed E-state index contributed by atoms with van der Waals surface area (Å²) in [5.74, 6) is 0.312. The molecule has 4 nitrogen and oxygen atoms in total. The number of halogens is 2. The van der Waals surface area contributed by atoms with Gasteiger partial charge in [0.15, 0.2) is 0 Å². The van der Waals surface area contributed by atoms with Crippen LogP contribution in [0.3, 0.4) is 0 Å². The molecule has 122 valence electrons. The monoisotopic (exact) mass is 437 g/mol. The molecule has 2 atom stereocenters. The number of esters is 1. The summed E-state index contributed by atoms with van der Waals surface area (Å²) >= 11 is 8.05. The Labute approximate surface area is 150 Å². The summed E-state index contributed by atoms with van der Waals surface area (Å²) in [5, 5.41) is 3.29. The first kappa shape index (κ1) is 18.0. The van der Waals surface area contributed by atoms with Gasteiger partial charge in [-0.15, -0.1) is 11.6 Å². The zero-order chi connectivity index (χ0) is 16.0. The van der Waals surface area contributed by atoms with E-state index < -0.39 is 5.54 Å². The van der Waals surface area contributed by atoms with Crippen molar-refractivity contribution in [1.82, 2.24) is 5.32 Å². The van der Waals surface area contributed by atoms with Gasteiger partial charge in [0.25, 0.3) is 0 Å². The maximum Gasteiger partial charge on any atom is 0.326 e. The third-order valence-corrected chi connectivity index (χ3v) is 4.94. The van der Waals surface area contributed by atoms with Crippen LogP contribution < -0.4 is 5.32 Å². The third-order valence-electron chi connectivity index (χ3n) is 3.96. The second-order valence-corrected chi connectivity index (χ2v) is 7.13. The molecule has 0 bridgehead atoms. The smallest absolute Gasteiger partial charge is 0.326 e. The number of benzene rings is 1. The van der Waals surface area contributed by atoms with E-state index in [0.717, 1.165) is 12.0 Å². The number of carbonyl (C=O) groups is 1. The van der Waals surface area contributed by atoms with Gasteiger partial charge in [0, 0.05) is 22.4 Å². The molecule has 22 heavy (non-hydrogen) atoms. The van der Waals surface area contributed by atoms with Gasteiger partial charge in [0.1, 0.15) is 5.54 Å². The molecule has 2 rings (SSSR count). The lowest BCUT2D eigenvalue weighted by atomic mass is 9.91. The summed E-state index contributed by atoms with van der Waals surface area (Å²) in [6.45, 7) is 1.21. The summed E-state index contributed by atoms with van der Waals surface area (Å²) in [6, 6.07) is 8.24. The van der Waals surface area contributed by atoms with Crippen LogP contribution in [-0.2, 0) is 20.9 Å². The van der Waals surface area contributed by atoms with Crippen LogP contribution in [-0.4, -0.2) is 37.1 Å². The first-order chi connectivity index (χ1) is 10.6. The molecular weight excluding hydrogens is 417 g/mol. The first-order valence-corrected chi connectivity index (χ1v) is 8.96. The fourth-order valence-corrected chi connectivity index (χ4v) is 3.26. The Morgan fingerprint density at radius 1 is 1.45 bits per heavy atom. The maximum absolute atomic E-state index is 12.1. The number of carbonyl (C=O) groups excluding carboxylic acids is 1. The molecule has 1 saturated heterocycles. The quantitative estimate of drug-likeness (QED) is 0.405. The summed E-state index contributed by atoms with van der Waals surface area (Å²) in [6.07, 6.45) is 2.08. The normalized spacial score (nSPS) is 24.4. The Morgan fingerprint density at radius 2 is 2.18 bits per heavy atom. The van der Waals surface area contributed by atoms with Gasteiger partial charge in [0.05, 0.1) is 19.8 Å². The zero-order valence-corrected chi connectivity index (χ0v) is 15.5. The van der Waals surface area contributed by atoms with Crippen molar-refractivity contribution in [3.05, 3.63) is 33.4 Å². The molecule has 6 heteroatoms. The topological polar surface area (TPSA) is 47.6 Å². The second kappa shape index (κ2) is 8.47. The van der Waals surface area contributed by atoms with Crippen molar-refractivity contribution in [3.63, 3.8) is 0 Å². The molecule has 1 heterocycles. The van der Waals surface area contributed by atoms with Crippen LogP contribution >= 0.6 is 34.2 Å². The van der Waals surface area contributed by atoms with E-state index in [2.05, 4.69) is 52.2 Å². The Morgan fingerprint density at radius 3 is 2.82 bits per heavy atom. The molecule has 0 unspecified atom stereocenters. The van der Waals surface area contributed by atoms with Crippen LogP contribution in [0.4, 0.5) is 0 Å². The second-order valence-electron chi connectivity index (χ2n) is 5.51. The lowest BCUT2D eigenvalue weighted by Gasteiger charge is -2.26. The summed E-state index contributed by atoms with van der Waals surface area (Å²) < 4.78 is 12.1. The van der Waals surface area contributed by atoms with E-state index in [1.54, 1.807) is 0 Å². The minimum atomic E-state index is -0.652. The molecular formula is C16H21ClINO3. The van der Waals surface area contributed by atoms with E-state index in [1.807, 2.05) is 0 Å². The number of alkyl halides is 1.